The maximum absolute atomic E-state index is 14.2. The zero-order chi connectivity index (χ0) is 47.3. The highest BCUT2D eigenvalue weighted by Crippen LogP contribution is 2.56. The van der Waals surface area contributed by atoms with Gasteiger partial charge in [0.25, 0.3) is 0 Å². The Morgan fingerprint density at radius 3 is 2.36 bits per heavy atom. The van der Waals surface area contributed by atoms with E-state index in [4.69, 9.17) is 34.9 Å². The molecule has 27 nitrogen and oxygen atoms in total. The van der Waals surface area contributed by atoms with Crippen molar-refractivity contribution < 1.29 is 76.4 Å². The van der Waals surface area contributed by atoms with Gasteiger partial charge in [0.1, 0.15) is 60.4 Å². The lowest BCUT2D eigenvalue weighted by molar-refractivity contribution is -0.166. The molecule has 0 aliphatic carbocycles. The van der Waals surface area contributed by atoms with Gasteiger partial charge in [-0.3, -0.25) is 27.8 Å². The molecule has 354 valence electrons. The minimum absolute atomic E-state index is 0.0321. The number of amides is 2. The first-order valence-corrected chi connectivity index (χ1v) is 22.7. The lowest BCUT2D eigenvalue weighted by Crippen LogP contribution is -2.48. The molecule has 64 heavy (non-hydrogen) atoms. The number of aliphatic hydroxyl groups is 2. The van der Waals surface area contributed by atoms with Crippen LogP contribution in [0.4, 0.5) is 11.6 Å². The fraction of sp³-hybridized carbons (Fsp3) is 0.600. The van der Waals surface area contributed by atoms with E-state index >= 15 is 0 Å². The predicted octanol–water partition coefficient (Wildman–Crippen LogP) is -1.53. The normalized spacial score (nSPS) is 25.1. The number of nitrogen functional groups attached to an aromatic ring is 2. The molecule has 29 heteroatoms. The van der Waals surface area contributed by atoms with Crippen molar-refractivity contribution in [2.24, 2.45) is 0 Å². The zero-order valence-corrected chi connectivity index (χ0v) is 36.8. The monoisotopic (exact) mass is 946 g/mol. The van der Waals surface area contributed by atoms with E-state index < -0.39 is 112 Å². The second-order valence-electron chi connectivity index (χ2n) is 15.8. The van der Waals surface area contributed by atoms with E-state index in [0.717, 1.165) is 28.1 Å². The van der Waals surface area contributed by atoms with Gasteiger partial charge in [-0.1, -0.05) is 6.08 Å². The quantitative estimate of drug-likeness (QED) is 0.0276. The van der Waals surface area contributed by atoms with Crippen molar-refractivity contribution in [3.05, 3.63) is 48.1 Å². The number of anilines is 2. The first-order valence-electron chi connectivity index (χ1n) is 19.5. The number of allylic oxidation sites excluding steroid dienone is 1. The van der Waals surface area contributed by atoms with E-state index in [0.29, 0.717) is 0 Å². The Morgan fingerprint density at radius 1 is 1.03 bits per heavy atom. The minimum atomic E-state index is -5.31. The summed E-state index contributed by atoms with van der Waals surface area (Å²) in [6.45, 7) is 6.27. The number of rotatable bonds is 20. The molecule has 2 fully saturated rings. The van der Waals surface area contributed by atoms with Crippen LogP contribution in [0.25, 0.3) is 11.2 Å². The van der Waals surface area contributed by atoms with Crippen LogP contribution in [0.15, 0.2) is 42.4 Å². The van der Waals surface area contributed by atoms with Crippen LogP contribution in [-0.2, 0) is 51.5 Å². The Morgan fingerprint density at radius 2 is 1.70 bits per heavy atom. The lowest BCUT2D eigenvalue weighted by atomic mass is 10.1. The number of hydrogen-bond donors (Lipinski definition) is 8. The number of carbonyl (C=O) groups is 3. The Bertz CT molecular complexity index is 2320. The van der Waals surface area contributed by atoms with Gasteiger partial charge in [0, 0.05) is 38.2 Å². The first-order chi connectivity index (χ1) is 29.9. The molecule has 10 atom stereocenters. The number of esters is 1. The SMILES string of the molecule is C=CCCC(=O)N(C)[C@@H](CCOCC(=O)NC(C)(C)C)C(=O)O[C@H]1[C@@H](O)[C@H](n2cnc3c(N)ncnc32)O[C@@H]1COP(=O)(O)[C@H]1[C@@H](O)[C@H](n2ccc(N)nc2=O)O[C@@H]1COP(=O)(O)O. The van der Waals surface area contributed by atoms with Crippen LogP contribution in [0.3, 0.4) is 0 Å². The van der Waals surface area contributed by atoms with Gasteiger partial charge in [-0.2, -0.15) is 4.98 Å². The summed E-state index contributed by atoms with van der Waals surface area (Å²) in [5.74, 6) is -2.27. The molecular formula is C35H52N10O17P2. The third-order valence-corrected chi connectivity index (χ3v) is 12.3. The number of phosphoric acid groups is 1. The van der Waals surface area contributed by atoms with Crippen molar-refractivity contribution in [3.63, 3.8) is 0 Å². The van der Waals surface area contributed by atoms with Crippen molar-refractivity contribution in [1.29, 1.82) is 0 Å². The first kappa shape index (κ1) is 50.2. The van der Waals surface area contributed by atoms with Crippen LogP contribution in [0.2, 0.25) is 0 Å². The van der Waals surface area contributed by atoms with Crippen molar-refractivity contribution in [3.8, 4) is 0 Å². The molecule has 3 aromatic heterocycles. The average molecular weight is 947 g/mol. The number of nitrogens with zero attached hydrogens (tertiary/aromatic N) is 7. The smallest absolute Gasteiger partial charge is 0.455 e. The third-order valence-electron chi connectivity index (χ3n) is 9.87. The molecule has 3 aromatic rings. The number of hydrogen-bond acceptors (Lipinski definition) is 20. The molecule has 5 heterocycles. The number of aromatic nitrogens is 6. The molecular weight excluding hydrogens is 894 g/mol. The summed E-state index contributed by atoms with van der Waals surface area (Å²) < 4.78 is 60.8. The predicted molar refractivity (Wildman–Crippen MR) is 219 cm³/mol. The van der Waals surface area contributed by atoms with E-state index in [-0.39, 0.29) is 55.3 Å². The molecule has 0 spiro atoms. The van der Waals surface area contributed by atoms with E-state index in [2.05, 4.69) is 36.4 Å². The number of nitrogens with one attached hydrogen (secondary N) is 1. The lowest BCUT2D eigenvalue weighted by Gasteiger charge is -2.30. The average Bonchev–Trinajstić information content (AvgIpc) is 3.87. The van der Waals surface area contributed by atoms with Gasteiger partial charge in [-0.05, 0) is 33.3 Å². The number of fused-ring (bicyclic) bond motifs is 1. The Kier molecular flexibility index (Phi) is 16.2. The topological polar surface area (TPSA) is 388 Å². The van der Waals surface area contributed by atoms with Crippen LogP contribution < -0.4 is 22.5 Å². The number of aliphatic hydroxyl groups excluding tert-OH is 2. The number of nitrogens with two attached hydrogens (primary N) is 2. The van der Waals surface area contributed by atoms with Crippen LogP contribution >= 0.6 is 15.4 Å². The van der Waals surface area contributed by atoms with Crippen molar-refractivity contribution in [1.82, 2.24) is 39.3 Å². The molecule has 0 saturated carbocycles. The van der Waals surface area contributed by atoms with E-state index in [1.165, 1.54) is 24.0 Å². The number of imidazole rings is 1. The van der Waals surface area contributed by atoms with Gasteiger partial charge >= 0.3 is 27.1 Å². The molecule has 2 amide bonds. The van der Waals surface area contributed by atoms with Crippen LogP contribution in [0.1, 0.15) is 52.5 Å². The molecule has 1 unspecified atom stereocenters. The van der Waals surface area contributed by atoms with E-state index in [9.17, 15) is 53.2 Å². The van der Waals surface area contributed by atoms with Gasteiger partial charge in [-0.25, -0.2) is 29.1 Å². The summed E-state index contributed by atoms with van der Waals surface area (Å²) >= 11 is 0. The molecule has 2 aliphatic rings. The fourth-order valence-electron chi connectivity index (χ4n) is 6.91. The highest BCUT2D eigenvalue weighted by molar-refractivity contribution is 7.53. The molecule has 2 aliphatic heterocycles. The van der Waals surface area contributed by atoms with Crippen LogP contribution in [0.5, 0.6) is 0 Å². The number of likely N-dealkylation sites (N-methyl/N-ethyl adjacent to an activating group) is 1. The molecule has 2 saturated heterocycles. The van der Waals surface area contributed by atoms with Crippen molar-refractivity contribution in [2.75, 3.05) is 44.9 Å². The van der Waals surface area contributed by atoms with E-state index in [1.807, 2.05) is 0 Å². The van der Waals surface area contributed by atoms with Crippen molar-refractivity contribution in [2.45, 2.75) is 100 Å². The summed E-state index contributed by atoms with van der Waals surface area (Å²) in [4.78, 5) is 99.4. The minimum Gasteiger partial charge on any atom is -0.455 e. The van der Waals surface area contributed by atoms with Gasteiger partial charge in [0.2, 0.25) is 11.8 Å². The second kappa shape index (κ2) is 20.6. The molecule has 0 aromatic carbocycles. The summed E-state index contributed by atoms with van der Waals surface area (Å²) in [6.07, 6.45) is -7.51. The molecule has 0 bridgehead atoms. The Hall–Kier alpha value is -4.76. The van der Waals surface area contributed by atoms with Gasteiger partial charge < -0.3 is 70.0 Å². The largest absolute Gasteiger partial charge is 0.469 e. The standard InChI is InChI=1S/C35H52N10O17P2/c1-6-7-8-23(47)43(5)18(10-12-57-15-22(46)42-35(2,3)4)33(50)62-27-19(60-31(25(27)48)45-17-40-24-29(37)38-16-39-30(24)45)13-58-63(52,53)28-20(14-59-64(54,55)56)61-32(26(28)49)44-11-9-21(36)41-34(44)51/h6,9,11,16-20,25-28,31-32,48-49H,1,7-8,10,12-15H2,2-5H3,(H,42,46)(H,52,53)(H2,36,41,51)(H2,37,38,39)(H2,54,55,56)/t18-,19+,20+,25+,26+,27+,28+,31+,32+/m0/s1. The van der Waals surface area contributed by atoms with Crippen LogP contribution in [-0.4, -0.2) is 158 Å². The Labute approximate surface area is 364 Å². The van der Waals surface area contributed by atoms with Crippen molar-refractivity contribution >= 4 is 56.0 Å². The van der Waals surface area contributed by atoms with Crippen LogP contribution in [0, 0.1) is 0 Å². The highest BCUT2D eigenvalue weighted by Gasteiger charge is 2.56. The summed E-state index contributed by atoms with van der Waals surface area (Å²) in [6, 6.07) is -0.227. The zero-order valence-electron chi connectivity index (χ0n) is 35.1. The van der Waals surface area contributed by atoms with Gasteiger partial charge in [0.15, 0.2) is 30.0 Å². The van der Waals surface area contributed by atoms with Gasteiger partial charge in [-0.15, -0.1) is 6.58 Å². The number of ether oxygens (including phenoxy) is 4. The Balaban J connectivity index is 1.43. The molecule has 10 N–H and O–H groups in total. The van der Waals surface area contributed by atoms with E-state index in [1.54, 1.807) is 20.8 Å². The molecule has 0 radical (unpaired) electrons. The number of carbonyl (C=O) groups excluding carboxylic acids is 3. The summed E-state index contributed by atoms with van der Waals surface area (Å²) in [5.41, 5.74) is 8.01. The number of phosphoric ester groups is 1. The maximum atomic E-state index is 14.2. The summed E-state index contributed by atoms with van der Waals surface area (Å²) in [5, 5.41) is 25.9. The third kappa shape index (κ3) is 12.3. The maximum Gasteiger partial charge on any atom is 0.469 e. The highest BCUT2D eigenvalue weighted by atomic mass is 31.2. The summed E-state index contributed by atoms with van der Waals surface area (Å²) in [7, 11) is -9.21. The van der Waals surface area contributed by atoms with Gasteiger partial charge in [0.05, 0.1) is 19.5 Å². The second-order valence-corrected chi connectivity index (χ2v) is 19.0. The molecule has 5 rings (SSSR count). The fourth-order valence-corrected chi connectivity index (χ4v) is 8.90.